The molecule has 0 saturated carbocycles. The maximum Gasteiger partial charge on any atom is 0.287 e. The number of hydrogen-bond acceptors (Lipinski definition) is 5. The van der Waals surface area contributed by atoms with Gasteiger partial charge in [0.15, 0.2) is 5.76 Å². The van der Waals surface area contributed by atoms with Gasteiger partial charge in [-0.15, -0.1) is 0 Å². The lowest BCUT2D eigenvalue weighted by atomic mass is 10.1. The van der Waals surface area contributed by atoms with Gasteiger partial charge in [0.05, 0.1) is 6.20 Å². The molecule has 0 aliphatic rings. The molecular formula is C19H17ClN4O3. The van der Waals surface area contributed by atoms with E-state index >= 15 is 0 Å². The van der Waals surface area contributed by atoms with Crippen LogP contribution in [0.3, 0.4) is 0 Å². The average molecular weight is 385 g/mol. The fourth-order valence-corrected chi connectivity index (χ4v) is 2.49. The number of aryl methyl sites for hydroxylation is 1. The minimum atomic E-state index is -0.367. The van der Waals surface area contributed by atoms with E-state index in [4.69, 9.17) is 16.0 Å². The largest absolute Gasteiger partial charge is 0.451 e. The average Bonchev–Trinajstić information content (AvgIpc) is 3.18. The zero-order valence-corrected chi connectivity index (χ0v) is 15.3. The molecule has 2 amide bonds. The van der Waals surface area contributed by atoms with Gasteiger partial charge in [0.25, 0.3) is 11.8 Å². The SMILES string of the molecule is Cc1ccc(-c2ccc(C(=O)NCCNC(=O)c3cnccn3)o2)cc1Cl. The van der Waals surface area contributed by atoms with Gasteiger partial charge in [-0.25, -0.2) is 4.98 Å². The number of aromatic nitrogens is 2. The number of nitrogens with zero attached hydrogens (tertiary/aromatic N) is 2. The highest BCUT2D eigenvalue weighted by Gasteiger charge is 2.13. The molecular weight excluding hydrogens is 368 g/mol. The third-order valence-electron chi connectivity index (χ3n) is 3.78. The van der Waals surface area contributed by atoms with E-state index in [0.717, 1.165) is 11.1 Å². The standard InChI is InChI=1S/C19H17ClN4O3/c1-12-2-3-13(10-14(12)20)16-4-5-17(27-16)19(26)24-9-8-23-18(25)15-11-21-6-7-22-15/h2-7,10-11H,8-9H2,1H3,(H,23,25)(H,24,26). The van der Waals surface area contributed by atoms with Crippen LogP contribution in [-0.4, -0.2) is 34.9 Å². The van der Waals surface area contributed by atoms with Crippen molar-refractivity contribution >= 4 is 23.4 Å². The highest BCUT2D eigenvalue weighted by atomic mass is 35.5. The summed E-state index contributed by atoms with van der Waals surface area (Å²) in [4.78, 5) is 31.7. The number of rotatable bonds is 6. The molecule has 0 aliphatic carbocycles. The first-order valence-corrected chi connectivity index (χ1v) is 8.61. The van der Waals surface area contributed by atoms with Crippen molar-refractivity contribution in [3.8, 4) is 11.3 Å². The molecule has 0 atom stereocenters. The quantitative estimate of drug-likeness (QED) is 0.637. The Hall–Kier alpha value is -3.19. The van der Waals surface area contributed by atoms with Crippen LogP contribution >= 0.6 is 11.6 Å². The first-order chi connectivity index (χ1) is 13.0. The Bertz CT molecular complexity index is 957. The number of carbonyl (C=O) groups excluding carboxylic acids is 2. The van der Waals surface area contributed by atoms with Gasteiger partial charge in [-0.05, 0) is 30.7 Å². The molecule has 0 aliphatic heterocycles. The molecule has 138 valence electrons. The van der Waals surface area contributed by atoms with E-state index in [1.54, 1.807) is 18.2 Å². The van der Waals surface area contributed by atoms with Gasteiger partial charge in [-0.3, -0.25) is 14.6 Å². The van der Waals surface area contributed by atoms with Crippen molar-refractivity contribution in [3.05, 3.63) is 71.0 Å². The number of carbonyl (C=O) groups is 2. The normalized spacial score (nSPS) is 10.4. The Morgan fingerprint density at radius 3 is 2.56 bits per heavy atom. The lowest BCUT2D eigenvalue weighted by Crippen LogP contribution is -2.34. The maximum absolute atomic E-state index is 12.2. The van der Waals surface area contributed by atoms with Crippen molar-refractivity contribution in [2.24, 2.45) is 0 Å². The second-order valence-corrected chi connectivity index (χ2v) is 6.14. The molecule has 27 heavy (non-hydrogen) atoms. The van der Waals surface area contributed by atoms with Crippen LogP contribution < -0.4 is 10.6 Å². The summed E-state index contributed by atoms with van der Waals surface area (Å²) in [6, 6.07) is 8.87. The molecule has 0 unspecified atom stereocenters. The Morgan fingerprint density at radius 1 is 1.07 bits per heavy atom. The third kappa shape index (κ3) is 4.71. The molecule has 7 nitrogen and oxygen atoms in total. The fraction of sp³-hybridized carbons (Fsp3) is 0.158. The van der Waals surface area contributed by atoms with Crippen LogP contribution in [-0.2, 0) is 0 Å². The molecule has 3 aromatic rings. The maximum atomic E-state index is 12.2. The van der Waals surface area contributed by atoms with Crippen LogP contribution in [0, 0.1) is 6.92 Å². The van der Waals surface area contributed by atoms with Crippen LogP contribution in [0.15, 0.2) is 53.3 Å². The lowest BCUT2D eigenvalue weighted by Gasteiger charge is -2.05. The first-order valence-electron chi connectivity index (χ1n) is 8.23. The van der Waals surface area contributed by atoms with E-state index in [9.17, 15) is 9.59 Å². The molecule has 8 heteroatoms. The van der Waals surface area contributed by atoms with Crippen molar-refractivity contribution in [2.45, 2.75) is 6.92 Å². The molecule has 0 spiro atoms. The summed E-state index contributed by atoms with van der Waals surface area (Å²) in [5.41, 5.74) is 1.98. The van der Waals surface area contributed by atoms with Gasteiger partial charge in [0, 0.05) is 36.1 Å². The molecule has 3 rings (SSSR count). The summed E-state index contributed by atoms with van der Waals surface area (Å²) in [5.74, 6) is 0.0158. The van der Waals surface area contributed by atoms with Crippen molar-refractivity contribution in [1.82, 2.24) is 20.6 Å². The zero-order chi connectivity index (χ0) is 19.2. The molecule has 2 aromatic heterocycles. The number of hydrogen-bond donors (Lipinski definition) is 2. The molecule has 0 bridgehead atoms. The van der Waals surface area contributed by atoms with E-state index in [0.29, 0.717) is 10.8 Å². The number of halogens is 1. The van der Waals surface area contributed by atoms with Crippen LogP contribution in [0.1, 0.15) is 26.6 Å². The van der Waals surface area contributed by atoms with Crippen molar-refractivity contribution in [3.63, 3.8) is 0 Å². The van der Waals surface area contributed by atoms with Crippen molar-refractivity contribution in [2.75, 3.05) is 13.1 Å². The van der Waals surface area contributed by atoms with Gasteiger partial charge in [0.2, 0.25) is 0 Å². The predicted molar refractivity (Wildman–Crippen MR) is 101 cm³/mol. The minimum Gasteiger partial charge on any atom is -0.451 e. The lowest BCUT2D eigenvalue weighted by molar-refractivity contribution is 0.0909. The van der Waals surface area contributed by atoms with Gasteiger partial charge in [0.1, 0.15) is 11.5 Å². The number of furan rings is 1. The predicted octanol–water partition coefficient (Wildman–Crippen LogP) is 2.86. The van der Waals surface area contributed by atoms with E-state index in [-0.39, 0.29) is 36.4 Å². The Balaban J connectivity index is 1.51. The van der Waals surface area contributed by atoms with Crippen LogP contribution in [0.4, 0.5) is 0 Å². The summed E-state index contributed by atoms with van der Waals surface area (Å²) in [6.07, 6.45) is 4.29. The molecule has 0 radical (unpaired) electrons. The third-order valence-corrected chi connectivity index (χ3v) is 4.19. The number of amides is 2. The topological polar surface area (TPSA) is 97.1 Å². The van der Waals surface area contributed by atoms with Gasteiger partial charge in [-0.2, -0.15) is 0 Å². The number of nitrogens with one attached hydrogen (secondary N) is 2. The minimum absolute atomic E-state index is 0.182. The van der Waals surface area contributed by atoms with Gasteiger partial charge >= 0.3 is 0 Å². The highest BCUT2D eigenvalue weighted by Crippen LogP contribution is 2.26. The molecule has 0 saturated heterocycles. The van der Waals surface area contributed by atoms with E-state index < -0.39 is 0 Å². The monoisotopic (exact) mass is 384 g/mol. The molecule has 0 fully saturated rings. The smallest absolute Gasteiger partial charge is 0.287 e. The Kier molecular flexibility index (Phi) is 5.83. The summed E-state index contributed by atoms with van der Waals surface area (Å²) >= 11 is 6.12. The second kappa shape index (κ2) is 8.46. The van der Waals surface area contributed by atoms with E-state index in [1.807, 2.05) is 19.1 Å². The summed E-state index contributed by atoms with van der Waals surface area (Å²) in [7, 11) is 0. The van der Waals surface area contributed by atoms with Crippen LogP contribution in [0.2, 0.25) is 5.02 Å². The summed E-state index contributed by atoms with van der Waals surface area (Å²) in [5, 5.41) is 5.96. The van der Waals surface area contributed by atoms with Gasteiger partial charge in [-0.1, -0.05) is 23.7 Å². The summed E-state index contributed by atoms with van der Waals surface area (Å²) < 4.78 is 5.60. The Labute approximate surface area is 160 Å². The van der Waals surface area contributed by atoms with Gasteiger partial charge < -0.3 is 15.1 Å². The van der Waals surface area contributed by atoms with Crippen LogP contribution in [0.5, 0.6) is 0 Å². The van der Waals surface area contributed by atoms with Crippen LogP contribution in [0.25, 0.3) is 11.3 Å². The van der Waals surface area contributed by atoms with E-state index in [2.05, 4.69) is 20.6 Å². The first kappa shape index (κ1) is 18.6. The zero-order valence-electron chi connectivity index (χ0n) is 14.5. The molecule has 1 aromatic carbocycles. The molecule has 2 heterocycles. The number of benzene rings is 1. The molecule has 2 N–H and O–H groups in total. The summed E-state index contributed by atoms with van der Waals surface area (Å²) in [6.45, 7) is 2.41. The second-order valence-electron chi connectivity index (χ2n) is 5.73. The highest BCUT2D eigenvalue weighted by molar-refractivity contribution is 6.31. The van der Waals surface area contributed by atoms with Crippen molar-refractivity contribution < 1.29 is 14.0 Å². The fourth-order valence-electron chi connectivity index (χ4n) is 2.31. The van der Waals surface area contributed by atoms with Crippen molar-refractivity contribution in [1.29, 1.82) is 0 Å². The Morgan fingerprint density at radius 2 is 1.85 bits per heavy atom. The van der Waals surface area contributed by atoms with E-state index in [1.165, 1.54) is 18.6 Å².